The van der Waals surface area contributed by atoms with Gasteiger partial charge in [0.2, 0.25) is 0 Å². The minimum atomic E-state index is -2.10. The van der Waals surface area contributed by atoms with Crippen LogP contribution in [0.2, 0.25) is 0 Å². The van der Waals surface area contributed by atoms with Crippen LogP contribution in [0.4, 0.5) is 0 Å². The van der Waals surface area contributed by atoms with Gasteiger partial charge in [0.25, 0.3) is 0 Å². The van der Waals surface area contributed by atoms with E-state index >= 15 is 0 Å². The van der Waals surface area contributed by atoms with Crippen LogP contribution in [0, 0.1) is 0 Å². The Hall–Kier alpha value is 0.270. The summed E-state index contributed by atoms with van der Waals surface area (Å²) in [6, 6.07) is 0. The molecular weight excluding hydrogens is 189 g/mol. The van der Waals surface area contributed by atoms with E-state index in [4.69, 9.17) is 9.79 Å². The molecule has 0 spiro atoms. The van der Waals surface area contributed by atoms with Crippen molar-refractivity contribution in [1.82, 2.24) is 4.90 Å². The van der Waals surface area contributed by atoms with Gasteiger partial charge in [0, 0.05) is 0 Å². The van der Waals surface area contributed by atoms with Gasteiger partial charge in [0.05, 0.1) is 6.61 Å². The lowest BCUT2D eigenvalue weighted by molar-refractivity contribution is 0.269. The van der Waals surface area contributed by atoms with Gasteiger partial charge in [-0.3, -0.25) is 0 Å². The fourth-order valence-corrected chi connectivity index (χ4v) is 1.02. The lowest BCUT2D eigenvalue weighted by Crippen LogP contribution is -2.21. The van der Waals surface area contributed by atoms with E-state index in [0.29, 0.717) is 6.61 Å². The summed E-state index contributed by atoms with van der Waals surface area (Å²) in [5.74, 6) is 0. The molecule has 0 unspecified atom stereocenters. The highest BCUT2D eigenvalue weighted by Crippen LogP contribution is 2.22. The van der Waals surface area contributed by atoms with Gasteiger partial charge in [-0.05, 0) is 26.6 Å². The van der Waals surface area contributed by atoms with Crippen molar-refractivity contribution in [3.05, 3.63) is 0 Å². The Kier molecular flexibility index (Phi) is 14.8. The second-order valence-electron chi connectivity index (χ2n) is 2.29. The Bertz CT molecular complexity index is 83.9. The molecule has 0 aromatic rings. The second kappa shape index (κ2) is 12.3. The zero-order valence-corrected chi connectivity index (χ0v) is 9.92. The summed E-state index contributed by atoms with van der Waals surface area (Å²) in [6.07, 6.45) is 0. The van der Waals surface area contributed by atoms with E-state index in [9.17, 15) is 0 Å². The maximum atomic E-state index is 7.95. The fourth-order valence-electron chi connectivity index (χ4n) is 0.786. The van der Waals surface area contributed by atoms with Crippen LogP contribution in [0.3, 0.4) is 0 Å². The Labute approximate surface area is 82.5 Å². The summed E-state index contributed by atoms with van der Waals surface area (Å²) in [5.41, 5.74) is 0. The largest absolute Gasteiger partial charge is 0.328 e. The summed E-state index contributed by atoms with van der Waals surface area (Å²) >= 11 is 0. The standard InChI is InChI=1S/C6H15N.C2H7O3P/c1-4-7(5-2)6-3;1-2-5-6(3)4/h4-6H2,1-3H3;3-4H,2H2,1H3. The van der Waals surface area contributed by atoms with E-state index in [2.05, 4.69) is 30.2 Å². The van der Waals surface area contributed by atoms with Crippen LogP contribution in [-0.4, -0.2) is 40.9 Å². The third-order valence-electron chi connectivity index (χ3n) is 1.59. The lowest BCUT2D eigenvalue weighted by atomic mass is 10.5. The molecule has 0 bridgehead atoms. The average molecular weight is 211 g/mol. The summed E-state index contributed by atoms with van der Waals surface area (Å²) in [6.45, 7) is 12.2. The zero-order chi connectivity index (χ0) is 10.7. The molecule has 0 fully saturated rings. The van der Waals surface area contributed by atoms with Crippen molar-refractivity contribution in [3.63, 3.8) is 0 Å². The molecular formula is C8H22NO3P. The Balaban J connectivity index is 0. The van der Waals surface area contributed by atoms with Gasteiger partial charge >= 0.3 is 8.60 Å². The van der Waals surface area contributed by atoms with Gasteiger partial charge in [-0.25, -0.2) is 0 Å². The van der Waals surface area contributed by atoms with Gasteiger partial charge < -0.3 is 19.2 Å². The number of hydrogen-bond donors (Lipinski definition) is 2. The molecule has 0 rings (SSSR count). The lowest BCUT2D eigenvalue weighted by Gasteiger charge is -2.13. The fraction of sp³-hybridized carbons (Fsp3) is 1.00. The Morgan fingerprint density at radius 2 is 1.38 bits per heavy atom. The van der Waals surface area contributed by atoms with Crippen LogP contribution >= 0.6 is 8.60 Å². The van der Waals surface area contributed by atoms with E-state index in [1.165, 1.54) is 19.6 Å². The van der Waals surface area contributed by atoms with Crippen molar-refractivity contribution < 1.29 is 14.3 Å². The Morgan fingerprint density at radius 1 is 1.00 bits per heavy atom. The summed E-state index contributed by atoms with van der Waals surface area (Å²) in [4.78, 5) is 18.3. The molecule has 0 heterocycles. The van der Waals surface area contributed by atoms with Crippen LogP contribution in [-0.2, 0) is 4.52 Å². The van der Waals surface area contributed by atoms with E-state index in [0.717, 1.165) is 0 Å². The van der Waals surface area contributed by atoms with E-state index in [1.807, 2.05) is 0 Å². The van der Waals surface area contributed by atoms with Crippen LogP contribution in [0.5, 0.6) is 0 Å². The predicted molar refractivity (Wildman–Crippen MR) is 56.4 cm³/mol. The van der Waals surface area contributed by atoms with Crippen LogP contribution in [0.25, 0.3) is 0 Å². The first-order valence-corrected chi connectivity index (χ1v) is 5.81. The average Bonchev–Trinajstić information content (AvgIpc) is 2.08. The predicted octanol–water partition coefficient (Wildman–Crippen LogP) is 1.58. The minimum Gasteiger partial charge on any atom is -0.328 e. The summed E-state index contributed by atoms with van der Waals surface area (Å²) in [5, 5.41) is 0. The molecule has 0 aliphatic rings. The highest BCUT2D eigenvalue weighted by atomic mass is 31.2. The van der Waals surface area contributed by atoms with E-state index < -0.39 is 8.60 Å². The molecule has 4 nitrogen and oxygen atoms in total. The van der Waals surface area contributed by atoms with Gasteiger partial charge in [0.15, 0.2) is 0 Å². The zero-order valence-electron chi connectivity index (χ0n) is 9.03. The van der Waals surface area contributed by atoms with Crippen molar-refractivity contribution in [1.29, 1.82) is 0 Å². The maximum absolute atomic E-state index is 7.95. The van der Waals surface area contributed by atoms with Gasteiger partial charge in [-0.1, -0.05) is 20.8 Å². The monoisotopic (exact) mass is 211 g/mol. The molecule has 0 saturated heterocycles. The molecule has 0 aliphatic heterocycles. The highest BCUT2D eigenvalue weighted by Gasteiger charge is 1.91. The quantitative estimate of drug-likeness (QED) is 0.678. The molecule has 0 aromatic heterocycles. The minimum absolute atomic E-state index is 0.360. The van der Waals surface area contributed by atoms with Crippen LogP contribution in [0.15, 0.2) is 0 Å². The van der Waals surface area contributed by atoms with Crippen molar-refractivity contribution in [3.8, 4) is 0 Å². The first-order chi connectivity index (χ1) is 6.12. The topological polar surface area (TPSA) is 52.9 Å². The van der Waals surface area contributed by atoms with Crippen molar-refractivity contribution in [2.75, 3.05) is 26.2 Å². The van der Waals surface area contributed by atoms with Gasteiger partial charge in [-0.15, -0.1) is 0 Å². The number of rotatable bonds is 5. The Morgan fingerprint density at radius 3 is 1.38 bits per heavy atom. The molecule has 0 aromatic carbocycles. The van der Waals surface area contributed by atoms with Crippen molar-refractivity contribution in [2.24, 2.45) is 0 Å². The molecule has 0 amide bonds. The van der Waals surface area contributed by atoms with Crippen molar-refractivity contribution >= 4 is 8.60 Å². The third-order valence-corrected chi connectivity index (χ3v) is 2.08. The van der Waals surface area contributed by atoms with Gasteiger partial charge in [0.1, 0.15) is 0 Å². The molecule has 0 saturated carbocycles. The van der Waals surface area contributed by atoms with Crippen LogP contribution in [0.1, 0.15) is 27.7 Å². The molecule has 0 radical (unpaired) electrons. The van der Waals surface area contributed by atoms with E-state index in [1.54, 1.807) is 6.92 Å². The van der Waals surface area contributed by atoms with Crippen LogP contribution < -0.4 is 0 Å². The molecule has 82 valence electrons. The van der Waals surface area contributed by atoms with Gasteiger partial charge in [-0.2, -0.15) is 0 Å². The number of nitrogens with zero attached hydrogens (tertiary/aromatic N) is 1. The molecule has 0 aliphatic carbocycles. The SMILES string of the molecule is CCN(CC)CC.CCOP(O)O. The third kappa shape index (κ3) is 15.1. The number of hydrogen-bond acceptors (Lipinski definition) is 4. The second-order valence-corrected chi connectivity index (χ2v) is 3.05. The smallest absolute Gasteiger partial charge is 0.327 e. The molecule has 2 N–H and O–H groups in total. The molecule has 0 atom stereocenters. The molecule has 5 heteroatoms. The maximum Gasteiger partial charge on any atom is 0.327 e. The summed E-state index contributed by atoms with van der Waals surface area (Å²) < 4.78 is 4.22. The van der Waals surface area contributed by atoms with E-state index in [-0.39, 0.29) is 0 Å². The first-order valence-electron chi connectivity index (χ1n) is 4.65. The summed E-state index contributed by atoms with van der Waals surface area (Å²) in [7, 11) is -2.10. The highest BCUT2D eigenvalue weighted by molar-refractivity contribution is 7.39. The molecule has 13 heavy (non-hydrogen) atoms. The van der Waals surface area contributed by atoms with Crippen molar-refractivity contribution in [2.45, 2.75) is 27.7 Å². The normalized spacial score (nSPS) is 10.2. The first kappa shape index (κ1) is 15.7.